The summed E-state index contributed by atoms with van der Waals surface area (Å²) >= 11 is 1.55. The SMILES string of the molecule is CNCCC(O)C(O)c1cscc1C. The average Bonchev–Trinajstić information content (AvgIpc) is 2.59. The third-order valence-electron chi connectivity index (χ3n) is 2.27. The van der Waals surface area contributed by atoms with Gasteiger partial charge in [0.05, 0.1) is 6.10 Å². The summed E-state index contributed by atoms with van der Waals surface area (Å²) in [4.78, 5) is 0. The molecular formula is C10H17NO2S. The highest BCUT2D eigenvalue weighted by Gasteiger charge is 2.19. The molecule has 2 atom stereocenters. The summed E-state index contributed by atoms with van der Waals surface area (Å²) in [5.74, 6) is 0. The van der Waals surface area contributed by atoms with E-state index in [1.807, 2.05) is 24.7 Å². The van der Waals surface area contributed by atoms with Crippen LogP contribution in [0.5, 0.6) is 0 Å². The first-order chi connectivity index (χ1) is 6.66. The van der Waals surface area contributed by atoms with Gasteiger partial charge in [0.1, 0.15) is 6.10 Å². The number of aryl methyl sites for hydroxylation is 1. The fourth-order valence-electron chi connectivity index (χ4n) is 1.33. The number of hydrogen-bond acceptors (Lipinski definition) is 4. The molecule has 80 valence electrons. The predicted octanol–water partition coefficient (Wildman–Crippen LogP) is 1.06. The van der Waals surface area contributed by atoms with Crippen molar-refractivity contribution in [3.05, 3.63) is 21.9 Å². The van der Waals surface area contributed by atoms with Gasteiger partial charge in [0, 0.05) is 0 Å². The molecule has 0 saturated heterocycles. The van der Waals surface area contributed by atoms with Gasteiger partial charge in [-0.05, 0) is 48.8 Å². The normalized spacial score (nSPS) is 15.4. The molecular weight excluding hydrogens is 198 g/mol. The number of aliphatic hydroxyl groups is 2. The van der Waals surface area contributed by atoms with Crippen LogP contribution in [0.3, 0.4) is 0 Å². The summed E-state index contributed by atoms with van der Waals surface area (Å²) in [6.45, 7) is 2.65. The second kappa shape index (κ2) is 5.46. The number of rotatable bonds is 5. The molecule has 0 saturated carbocycles. The van der Waals surface area contributed by atoms with Gasteiger partial charge in [-0.1, -0.05) is 0 Å². The molecule has 1 aromatic rings. The summed E-state index contributed by atoms with van der Waals surface area (Å²) in [5, 5.41) is 26.3. The third-order valence-corrected chi connectivity index (χ3v) is 3.15. The highest BCUT2D eigenvalue weighted by atomic mass is 32.1. The van der Waals surface area contributed by atoms with Crippen LogP contribution in [0.15, 0.2) is 10.8 Å². The Morgan fingerprint density at radius 1 is 1.43 bits per heavy atom. The average molecular weight is 215 g/mol. The van der Waals surface area contributed by atoms with E-state index in [2.05, 4.69) is 5.32 Å². The van der Waals surface area contributed by atoms with E-state index < -0.39 is 12.2 Å². The minimum absolute atomic E-state index is 0.562. The third kappa shape index (κ3) is 2.78. The highest BCUT2D eigenvalue weighted by Crippen LogP contribution is 2.25. The summed E-state index contributed by atoms with van der Waals surface area (Å²) in [7, 11) is 1.83. The molecule has 3 nitrogen and oxygen atoms in total. The molecule has 4 heteroatoms. The van der Waals surface area contributed by atoms with Crippen LogP contribution in [0, 0.1) is 6.92 Å². The second-order valence-corrected chi connectivity index (χ2v) is 4.16. The van der Waals surface area contributed by atoms with Crippen LogP contribution in [0.2, 0.25) is 0 Å². The van der Waals surface area contributed by atoms with Crippen LogP contribution in [-0.2, 0) is 0 Å². The first-order valence-electron chi connectivity index (χ1n) is 4.70. The maximum atomic E-state index is 9.81. The van der Waals surface area contributed by atoms with Gasteiger partial charge in [0.2, 0.25) is 0 Å². The molecule has 0 aliphatic rings. The van der Waals surface area contributed by atoms with Crippen molar-refractivity contribution in [3.63, 3.8) is 0 Å². The summed E-state index contributed by atoms with van der Waals surface area (Å²) < 4.78 is 0. The van der Waals surface area contributed by atoms with Crippen molar-refractivity contribution in [1.82, 2.24) is 5.32 Å². The van der Waals surface area contributed by atoms with Crippen molar-refractivity contribution in [2.24, 2.45) is 0 Å². The molecule has 1 heterocycles. The topological polar surface area (TPSA) is 52.5 Å². The van der Waals surface area contributed by atoms with E-state index in [4.69, 9.17) is 0 Å². The smallest absolute Gasteiger partial charge is 0.106 e. The zero-order chi connectivity index (χ0) is 10.6. The number of thiophene rings is 1. The van der Waals surface area contributed by atoms with Gasteiger partial charge >= 0.3 is 0 Å². The minimum atomic E-state index is -0.755. The fourth-order valence-corrected chi connectivity index (χ4v) is 2.21. The molecule has 0 amide bonds. The largest absolute Gasteiger partial charge is 0.390 e. The van der Waals surface area contributed by atoms with Crippen molar-refractivity contribution in [3.8, 4) is 0 Å². The first-order valence-corrected chi connectivity index (χ1v) is 5.64. The Morgan fingerprint density at radius 3 is 2.64 bits per heavy atom. The molecule has 0 bridgehead atoms. The van der Waals surface area contributed by atoms with Crippen molar-refractivity contribution in [2.75, 3.05) is 13.6 Å². The fraction of sp³-hybridized carbons (Fsp3) is 0.600. The van der Waals surface area contributed by atoms with Gasteiger partial charge in [-0.3, -0.25) is 0 Å². The molecule has 1 rings (SSSR count). The van der Waals surface area contributed by atoms with Gasteiger partial charge < -0.3 is 15.5 Å². The maximum absolute atomic E-state index is 9.81. The lowest BCUT2D eigenvalue weighted by molar-refractivity contribution is 0.0139. The van der Waals surface area contributed by atoms with Crippen LogP contribution in [0.4, 0.5) is 0 Å². The van der Waals surface area contributed by atoms with E-state index in [1.54, 1.807) is 11.3 Å². The van der Waals surface area contributed by atoms with Crippen LogP contribution < -0.4 is 5.32 Å². The predicted molar refractivity (Wildman–Crippen MR) is 58.6 cm³/mol. The van der Waals surface area contributed by atoms with Gasteiger partial charge in [0.25, 0.3) is 0 Å². The van der Waals surface area contributed by atoms with Gasteiger partial charge in [0.15, 0.2) is 0 Å². The maximum Gasteiger partial charge on any atom is 0.106 e. The van der Waals surface area contributed by atoms with Crippen LogP contribution in [-0.4, -0.2) is 29.9 Å². The van der Waals surface area contributed by atoms with Gasteiger partial charge in [-0.15, -0.1) is 0 Å². The molecule has 0 aliphatic heterocycles. The van der Waals surface area contributed by atoms with Crippen LogP contribution in [0.25, 0.3) is 0 Å². The Kier molecular flexibility index (Phi) is 4.54. The lowest BCUT2D eigenvalue weighted by Gasteiger charge is -2.17. The number of aliphatic hydroxyl groups excluding tert-OH is 2. The minimum Gasteiger partial charge on any atom is -0.390 e. The first kappa shape index (κ1) is 11.7. The molecule has 14 heavy (non-hydrogen) atoms. The van der Waals surface area contributed by atoms with E-state index >= 15 is 0 Å². The van der Waals surface area contributed by atoms with E-state index in [9.17, 15) is 10.2 Å². The number of hydrogen-bond donors (Lipinski definition) is 3. The van der Waals surface area contributed by atoms with E-state index in [1.165, 1.54) is 0 Å². The van der Waals surface area contributed by atoms with Crippen LogP contribution in [0.1, 0.15) is 23.7 Å². The van der Waals surface area contributed by atoms with Crippen molar-refractivity contribution in [1.29, 1.82) is 0 Å². The monoisotopic (exact) mass is 215 g/mol. The second-order valence-electron chi connectivity index (χ2n) is 3.41. The Labute approximate surface area is 88.4 Å². The lowest BCUT2D eigenvalue weighted by Crippen LogP contribution is -2.23. The molecule has 1 aromatic heterocycles. The van der Waals surface area contributed by atoms with E-state index in [0.717, 1.165) is 11.1 Å². The zero-order valence-corrected chi connectivity index (χ0v) is 9.34. The molecule has 0 spiro atoms. The van der Waals surface area contributed by atoms with E-state index in [0.29, 0.717) is 13.0 Å². The Balaban J connectivity index is 2.56. The quantitative estimate of drug-likeness (QED) is 0.688. The highest BCUT2D eigenvalue weighted by molar-refractivity contribution is 7.08. The van der Waals surface area contributed by atoms with Crippen molar-refractivity contribution >= 4 is 11.3 Å². The summed E-state index contributed by atoms with van der Waals surface area (Å²) in [6.07, 6.45) is -0.877. The van der Waals surface area contributed by atoms with Gasteiger partial charge in [-0.25, -0.2) is 0 Å². The number of nitrogens with one attached hydrogen (secondary N) is 1. The molecule has 0 aliphatic carbocycles. The zero-order valence-electron chi connectivity index (χ0n) is 8.53. The Bertz CT molecular complexity index is 275. The summed E-state index contributed by atoms with van der Waals surface area (Å²) in [5.41, 5.74) is 1.89. The van der Waals surface area contributed by atoms with Gasteiger partial charge in [-0.2, -0.15) is 11.3 Å². The van der Waals surface area contributed by atoms with E-state index in [-0.39, 0.29) is 0 Å². The molecule has 0 fully saturated rings. The Hall–Kier alpha value is -0.420. The summed E-state index contributed by atoms with van der Waals surface area (Å²) in [6, 6.07) is 0. The molecule has 0 aromatic carbocycles. The van der Waals surface area contributed by atoms with Crippen molar-refractivity contribution < 1.29 is 10.2 Å². The molecule has 3 N–H and O–H groups in total. The molecule has 2 unspecified atom stereocenters. The standard InChI is InChI=1S/C10H17NO2S/c1-7-5-14-6-8(7)10(13)9(12)3-4-11-2/h5-6,9-13H,3-4H2,1-2H3. The van der Waals surface area contributed by atoms with Crippen molar-refractivity contribution in [2.45, 2.75) is 25.6 Å². The Morgan fingerprint density at radius 2 is 2.14 bits per heavy atom. The van der Waals surface area contributed by atoms with Crippen LogP contribution >= 0.6 is 11.3 Å². The molecule has 0 radical (unpaired) electrons. The lowest BCUT2D eigenvalue weighted by atomic mass is 10.0.